The van der Waals surface area contributed by atoms with Gasteiger partial charge in [0.25, 0.3) is 5.56 Å². The van der Waals surface area contributed by atoms with Crippen molar-refractivity contribution in [3.8, 4) is 0 Å². The maximum absolute atomic E-state index is 13.3. The molecule has 1 aliphatic carbocycles. The zero-order valence-corrected chi connectivity index (χ0v) is 14.3. The van der Waals surface area contributed by atoms with Gasteiger partial charge in [0.05, 0.1) is 11.9 Å². The van der Waals surface area contributed by atoms with E-state index in [9.17, 15) is 9.59 Å². The molecule has 0 unspecified atom stereocenters. The summed E-state index contributed by atoms with van der Waals surface area (Å²) in [5.74, 6) is 0.380. The summed E-state index contributed by atoms with van der Waals surface area (Å²) in [5.41, 5.74) is 1.80. The lowest BCUT2D eigenvalue weighted by Crippen LogP contribution is -2.26. The van der Waals surface area contributed by atoms with Gasteiger partial charge in [-0.05, 0) is 36.8 Å². The highest BCUT2D eigenvalue weighted by molar-refractivity contribution is 7.18. The van der Waals surface area contributed by atoms with Gasteiger partial charge in [0.1, 0.15) is 4.83 Å². The fraction of sp³-hybridized carbons (Fsp3) is 0.278. The summed E-state index contributed by atoms with van der Waals surface area (Å²) in [5, 5.41) is 7.33. The van der Waals surface area contributed by atoms with E-state index >= 15 is 0 Å². The minimum absolute atomic E-state index is 0.0512. The molecule has 4 aromatic rings. The van der Waals surface area contributed by atoms with Crippen LogP contribution in [0.15, 0.2) is 39.9 Å². The second-order valence-electron chi connectivity index (χ2n) is 6.43. The van der Waals surface area contributed by atoms with E-state index < -0.39 is 0 Å². The molecule has 0 fully saturated rings. The van der Waals surface area contributed by atoms with E-state index in [1.165, 1.54) is 4.88 Å². The maximum atomic E-state index is 13.3. The second-order valence-corrected chi connectivity index (χ2v) is 7.52. The monoisotopic (exact) mass is 352 g/mol. The van der Waals surface area contributed by atoms with Crippen LogP contribution in [0.1, 0.15) is 28.8 Å². The summed E-state index contributed by atoms with van der Waals surface area (Å²) in [4.78, 5) is 27.6. The fourth-order valence-corrected chi connectivity index (χ4v) is 5.09. The number of hydrogen-bond donors (Lipinski definition) is 1. The summed E-state index contributed by atoms with van der Waals surface area (Å²) < 4.78 is 3.17. The molecule has 3 aromatic heterocycles. The van der Waals surface area contributed by atoms with Gasteiger partial charge in [0, 0.05) is 4.88 Å². The van der Waals surface area contributed by atoms with Gasteiger partial charge in [0.2, 0.25) is 5.78 Å². The molecule has 1 N–H and O–H groups in total. The van der Waals surface area contributed by atoms with Gasteiger partial charge in [-0.25, -0.2) is 14.3 Å². The van der Waals surface area contributed by atoms with Gasteiger partial charge < -0.3 is 0 Å². The molecular formula is C18H16N4O2S. The van der Waals surface area contributed by atoms with Crippen LogP contribution in [0.3, 0.4) is 0 Å². The van der Waals surface area contributed by atoms with Gasteiger partial charge in [-0.15, -0.1) is 16.4 Å². The van der Waals surface area contributed by atoms with Crippen LogP contribution in [0.25, 0.3) is 16.0 Å². The average Bonchev–Trinajstić information content (AvgIpc) is 3.20. The Bertz CT molecular complexity index is 1210. The van der Waals surface area contributed by atoms with Gasteiger partial charge in [-0.3, -0.25) is 9.36 Å². The normalized spacial score (nSPS) is 14.2. The van der Waals surface area contributed by atoms with E-state index in [0.717, 1.165) is 41.6 Å². The number of rotatable bonds is 2. The molecule has 1 aromatic carbocycles. The fourth-order valence-electron chi connectivity index (χ4n) is 3.72. The summed E-state index contributed by atoms with van der Waals surface area (Å²) in [7, 11) is 0. The topological polar surface area (TPSA) is 72.2 Å². The van der Waals surface area contributed by atoms with Crippen molar-refractivity contribution in [2.24, 2.45) is 0 Å². The third-order valence-corrected chi connectivity index (χ3v) is 6.17. The SMILES string of the molecule is O=c1c2c3c(sc2n2c(=O)[nH]nc2n1Cc1ccccc1)CCCC3. The van der Waals surface area contributed by atoms with E-state index in [4.69, 9.17) is 0 Å². The van der Waals surface area contributed by atoms with Gasteiger partial charge >= 0.3 is 5.69 Å². The Morgan fingerprint density at radius 3 is 2.76 bits per heavy atom. The number of hydrogen-bond acceptors (Lipinski definition) is 4. The Balaban J connectivity index is 1.88. The van der Waals surface area contributed by atoms with Gasteiger partial charge in [-0.1, -0.05) is 30.3 Å². The predicted molar refractivity (Wildman–Crippen MR) is 97.6 cm³/mol. The van der Waals surface area contributed by atoms with Crippen molar-refractivity contribution in [2.45, 2.75) is 32.2 Å². The number of thiophene rings is 1. The van der Waals surface area contributed by atoms with E-state index in [1.807, 2.05) is 30.3 Å². The molecule has 0 aliphatic heterocycles. The standard InChI is InChI=1S/C18H16N4O2S/c23-15-14-12-8-4-5-9-13(12)25-16(14)22-17(19-20-18(22)24)21(15)10-11-6-2-1-3-7-11/h1-3,6-7H,4-5,8-10H2,(H,20,24). The molecule has 25 heavy (non-hydrogen) atoms. The molecular weight excluding hydrogens is 336 g/mol. The van der Waals surface area contributed by atoms with Crippen molar-refractivity contribution >= 4 is 27.3 Å². The zero-order valence-electron chi connectivity index (χ0n) is 13.5. The molecule has 6 nitrogen and oxygen atoms in total. The zero-order chi connectivity index (χ0) is 17.0. The first kappa shape index (κ1) is 14.7. The van der Waals surface area contributed by atoms with Crippen LogP contribution in [-0.2, 0) is 19.4 Å². The molecule has 0 saturated heterocycles. The van der Waals surface area contributed by atoms with E-state index in [-0.39, 0.29) is 11.2 Å². The lowest BCUT2D eigenvalue weighted by atomic mass is 9.97. The van der Waals surface area contributed by atoms with Gasteiger partial charge in [-0.2, -0.15) is 0 Å². The van der Waals surface area contributed by atoms with Crippen LogP contribution in [0.5, 0.6) is 0 Å². The number of aromatic amines is 1. The lowest BCUT2D eigenvalue weighted by Gasteiger charge is -2.11. The molecule has 0 radical (unpaired) electrons. The summed E-state index contributed by atoms with van der Waals surface area (Å²) >= 11 is 1.57. The number of nitrogens with one attached hydrogen (secondary N) is 1. The number of nitrogens with zero attached hydrogens (tertiary/aromatic N) is 3. The summed E-state index contributed by atoms with van der Waals surface area (Å²) in [6, 6.07) is 9.78. The van der Waals surface area contributed by atoms with Crippen molar-refractivity contribution in [3.05, 3.63) is 67.2 Å². The van der Waals surface area contributed by atoms with Gasteiger partial charge in [0.15, 0.2) is 0 Å². The number of aromatic nitrogens is 4. The number of fused-ring (bicyclic) bond motifs is 5. The van der Waals surface area contributed by atoms with Crippen LogP contribution >= 0.6 is 11.3 Å². The van der Waals surface area contributed by atoms with Crippen molar-refractivity contribution in [1.29, 1.82) is 0 Å². The first-order valence-corrected chi connectivity index (χ1v) is 9.24. The third-order valence-electron chi connectivity index (χ3n) is 4.89. The Morgan fingerprint density at radius 2 is 1.92 bits per heavy atom. The molecule has 0 atom stereocenters. The maximum Gasteiger partial charge on any atom is 0.350 e. The minimum atomic E-state index is -0.291. The highest BCUT2D eigenvalue weighted by Gasteiger charge is 2.23. The smallest absolute Gasteiger partial charge is 0.272 e. The first-order valence-electron chi connectivity index (χ1n) is 8.42. The van der Waals surface area contributed by atoms with Crippen molar-refractivity contribution in [1.82, 2.24) is 19.2 Å². The molecule has 126 valence electrons. The van der Waals surface area contributed by atoms with E-state index in [0.29, 0.717) is 17.7 Å². The second kappa shape index (κ2) is 5.42. The Hall–Kier alpha value is -2.67. The lowest BCUT2D eigenvalue weighted by molar-refractivity contribution is 0.698. The molecule has 7 heteroatoms. The van der Waals surface area contributed by atoms with Crippen LogP contribution in [-0.4, -0.2) is 19.2 Å². The van der Waals surface area contributed by atoms with Crippen LogP contribution in [0, 0.1) is 0 Å². The molecule has 5 rings (SSSR count). The molecule has 3 heterocycles. The molecule has 0 amide bonds. The minimum Gasteiger partial charge on any atom is -0.272 e. The van der Waals surface area contributed by atoms with Crippen molar-refractivity contribution in [3.63, 3.8) is 0 Å². The number of benzene rings is 1. The third kappa shape index (κ3) is 2.12. The summed E-state index contributed by atoms with van der Waals surface area (Å²) in [6.45, 7) is 0.397. The van der Waals surface area contributed by atoms with Crippen LogP contribution < -0.4 is 11.2 Å². The Labute approximate surface area is 146 Å². The Kier molecular flexibility index (Phi) is 3.18. The first-order chi connectivity index (χ1) is 12.2. The average molecular weight is 352 g/mol. The molecule has 0 spiro atoms. The number of H-pyrrole nitrogens is 1. The quantitative estimate of drug-likeness (QED) is 0.602. The largest absolute Gasteiger partial charge is 0.350 e. The highest BCUT2D eigenvalue weighted by Crippen LogP contribution is 2.34. The van der Waals surface area contributed by atoms with Crippen LogP contribution in [0.4, 0.5) is 0 Å². The van der Waals surface area contributed by atoms with Crippen molar-refractivity contribution in [2.75, 3.05) is 0 Å². The highest BCUT2D eigenvalue weighted by atomic mass is 32.1. The molecule has 0 bridgehead atoms. The molecule has 1 aliphatic rings. The number of aryl methyl sites for hydroxylation is 2. The predicted octanol–water partition coefficient (Wildman–Crippen LogP) is 2.33. The Morgan fingerprint density at radius 1 is 1.12 bits per heavy atom. The van der Waals surface area contributed by atoms with Crippen LogP contribution in [0.2, 0.25) is 0 Å². The van der Waals surface area contributed by atoms with E-state index in [1.54, 1.807) is 20.3 Å². The summed E-state index contributed by atoms with van der Waals surface area (Å²) in [6.07, 6.45) is 4.13. The molecule has 0 saturated carbocycles. The van der Waals surface area contributed by atoms with Crippen molar-refractivity contribution < 1.29 is 0 Å². The van der Waals surface area contributed by atoms with E-state index in [2.05, 4.69) is 10.2 Å².